The molecule has 0 saturated carbocycles. The second-order valence-corrected chi connectivity index (χ2v) is 5.47. The minimum atomic E-state index is 0.106. The summed E-state index contributed by atoms with van der Waals surface area (Å²) in [5.74, 6) is 1.62. The van der Waals surface area contributed by atoms with E-state index in [2.05, 4.69) is 37.0 Å². The van der Waals surface area contributed by atoms with E-state index >= 15 is 0 Å². The summed E-state index contributed by atoms with van der Waals surface area (Å²) in [6.07, 6.45) is 0. The Bertz CT molecular complexity index is 552. The fourth-order valence-electron chi connectivity index (χ4n) is 1.61. The van der Waals surface area contributed by atoms with Gasteiger partial charge >= 0.3 is 6.01 Å². The minimum Gasteiger partial charge on any atom is -0.424 e. The Labute approximate surface area is 108 Å². The molecular formula is C14H19N3O. The van der Waals surface area contributed by atoms with Crippen LogP contribution in [0.2, 0.25) is 0 Å². The first-order valence-corrected chi connectivity index (χ1v) is 6.02. The molecule has 0 aliphatic carbocycles. The highest BCUT2D eigenvalue weighted by molar-refractivity contribution is 5.34. The molecule has 2 rings (SSSR count). The Balaban J connectivity index is 2.28. The number of aromatic nitrogens is 3. The van der Waals surface area contributed by atoms with Crippen LogP contribution >= 0.6 is 0 Å². The number of benzene rings is 1. The lowest BCUT2D eigenvalue weighted by molar-refractivity contribution is 0.419. The molecule has 0 saturated heterocycles. The van der Waals surface area contributed by atoms with Gasteiger partial charge in [-0.3, -0.25) is 4.57 Å². The van der Waals surface area contributed by atoms with Crippen molar-refractivity contribution in [2.24, 2.45) is 7.05 Å². The van der Waals surface area contributed by atoms with E-state index in [0.717, 1.165) is 11.6 Å². The first-order valence-electron chi connectivity index (χ1n) is 6.02. The van der Waals surface area contributed by atoms with Crippen LogP contribution in [-0.2, 0) is 12.5 Å². The molecule has 1 heterocycles. The summed E-state index contributed by atoms with van der Waals surface area (Å²) in [5, 5.41) is 7.96. The maximum Gasteiger partial charge on any atom is 0.322 e. The smallest absolute Gasteiger partial charge is 0.322 e. The standard InChI is InChI=1S/C14H19N3O/c1-10-15-16-13(17(10)5)18-12-8-6-7-11(9-12)14(2,3)4/h6-9H,1-5H3. The highest BCUT2D eigenvalue weighted by Gasteiger charge is 2.15. The van der Waals surface area contributed by atoms with Crippen molar-refractivity contribution in [2.75, 3.05) is 0 Å². The number of hydrogen-bond acceptors (Lipinski definition) is 3. The number of aryl methyl sites for hydroxylation is 1. The average Bonchev–Trinajstić information content (AvgIpc) is 2.60. The summed E-state index contributed by atoms with van der Waals surface area (Å²) < 4.78 is 7.58. The van der Waals surface area contributed by atoms with Crippen LogP contribution in [0.3, 0.4) is 0 Å². The Morgan fingerprint density at radius 2 is 1.89 bits per heavy atom. The van der Waals surface area contributed by atoms with Crippen molar-refractivity contribution in [3.8, 4) is 11.8 Å². The van der Waals surface area contributed by atoms with Crippen molar-refractivity contribution in [3.05, 3.63) is 35.7 Å². The molecule has 0 amide bonds. The SMILES string of the molecule is Cc1nnc(Oc2cccc(C(C)(C)C)c2)n1C. The molecular weight excluding hydrogens is 226 g/mol. The molecule has 0 unspecified atom stereocenters. The molecule has 0 bridgehead atoms. The number of nitrogens with zero attached hydrogens (tertiary/aromatic N) is 3. The van der Waals surface area contributed by atoms with E-state index in [-0.39, 0.29) is 5.41 Å². The van der Waals surface area contributed by atoms with Crippen molar-refractivity contribution in [2.45, 2.75) is 33.1 Å². The lowest BCUT2D eigenvalue weighted by Gasteiger charge is -2.19. The topological polar surface area (TPSA) is 39.9 Å². The van der Waals surface area contributed by atoms with Gasteiger partial charge in [0.1, 0.15) is 11.6 Å². The molecule has 0 N–H and O–H groups in total. The molecule has 0 spiro atoms. The molecule has 2 aromatic rings. The van der Waals surface area contributed by atoms with E-state index in [9.17, 15) is 0 Å². The van der Waals surface area contributed by atoms with Gasteiger partial charge in [0.25, 0.3) is 0 Å². The highest BCUT2D eigenvalue weighted by atomic mass is 16.5. The fraction of sp³-hybridized carbons (Fsp3) is 0.429. The first kappa shape index (κ1) is 12.6. The number of hydrogen-bond donors (Lipinski definition) is 0. The fourth-order valence-corrected chi connectivity index (χ4v) is 1.61. The normalized spacial score (nSPS) is 11.6. The van der Waals surface area contributed by atoms with Crippen LogP contribution in [0.1, 0.15) is 32.2 Å². The average molecular weight is 245 g/mol. The van der Waals surface area contributed by atoms with Crippen molar-refractivity contribution < 1.29 is 4.74 Å². The van der Waals surface area contributed by atoms with Crippen LogP contribution in [-0.4, -0.2) is 14.8 Å². The van der Waals surface area contributed by atoms with Gasteiger partial charge in [-0.1, -0.05) is 38.0 Å². The van der Waals surface area contributed by atoms with Gasteiger partial charge in [-0.15, -0.1) is 5.10 Å². The predicted molar refractivity (Wildman–Crippen MR) is 71.0 cm³/mol. The van der Waals surface area contributed by atoms with E-state index in [0.29, 0.717) is 6.01 Å². The maximum atomic E-state index is 5.76. The predicted octanol–water partition coefficient (Wildman–Crippen LogP) is 3.21. The molecule has 96 valence electrons. The maximum absolute atomic E-state index is 5.76. The summed E-state index contributed by atoms with van der Waals surface area (Å²) >= 11 is 0. The third-order valence-electron chi connectivity index (χ3n) is 2.96. The summed E-state index contributed by atoms with van der Waals surface area (Å²) in [4.78, 5) is 0. The second kappa shape index (κ2) is 4.44. The van der Waals surface area contributed by atoms with Gasteiger partial charge in [0.15, 0.2) is 0 Å². The van der Waals surface area contributed by atoms with E-state index in [1.54, 1.807) is 0 Å². The van der Waals surface area contributed by atoms with Gasteiger partial charge in [0.2, 0.25) is 0 Å². The van der Waals surface area contributed by atoms with Crippen LogP contribution < -0.4 is 4.74 Å². The Kier molecular flexibility index (Phi) is 3.11. The molecule has 4 heteroatoms. The summed E-state index contributed by atoms with van der Waals surface area (Å²) in [6.45, 7) is 8.43. The molecule has 1 aromatic carbocycles. The third-order valence-corrected chi connectivity index (χ3v) is 2.96. The summed E-state index contributed by atoms with van der Waals surface area (Å²) in [5.41, 5.74) is 1.34. The van der Waals surface area contributed by atoms with Gasteiger partial charge in [0, 0.05) is 7.05 Å². The molecule has 1 aromatic heterocycles. The molecule has 0 aliphatic heterocycles. The molecule has 18 heavy (non-hydrogen) atoms. The summed E-state index contributed by atoms with van der Waals surface area (Å²) in [7, 11) is 1.89. The van der Waals surface area contributed by atoms with Gasteiger partial charge in [-0.25, -0.2) is 0 Å². The number of rotatable bonds is 2. The molecule has 4 nitrogen and oxygen atoms in total. The van der Waals surface area contributed by atoms with Crippen molar-refractivity contribution in [1.82, 2.24) is 14.8 Å². The lowest BCUT2D eigenvalue weighted by Crippen LogP contribution is -2.10. The minimum absolute atomic E-state index is 0.106. The highest BCUT2D eigenvalue weighted by Crippen LogP contribution is 2.27. The van der Waals surface area contributed by atoms with Crippen molar-refractivity contribution >= 4 is 0 Å². The van der Waals surface area contributed by atoms with Crippen LogP contribution in [0.25, 0.3) is 0 Å². The zero-order chi connectivity index (χ0) is 13.3. The molecule has 0 fully saturated rings. The van der Waals surface area contributed by atoms with Gasteiger partial charge < -0.3 is 4.74 Å². The van der Waals surface area contributed by atoms with Crippen LogP contribution in [0.5, 0.6) is 11.8 Å². The molecule has 0 aliphatic rings. The van der Waals surface area contributed by atoms with E-state index in [1.807, 2.05) is 36.7 Å². The van der Waals surface area contributed by atoms with Gasteiger partial charge in [0.05, 0.1) is 0 Å². The zero-order valence-corrected chi connectivity index (χ0v) is 11.6. The van der Waals surface area contributed by atoms with Gasteiger partial charge in [-0.05, 0) is 30.0 Å². The molecule has 0 radical (unpaired) electrons. The lowest BCUT2D eigenvalue weighted by atomic mass is 9.87. The molecule has 0 atom stereocenters. The zero-order valence-electron chi connectivity index (χ0n) is 11.6. The third kappa shape index (κ3) is 2.53. The summed E-state index contributed by atoms with van der Waals surface area (Å²) in [6, 6.07) is 8.59. The van der Waals surface area contributed by atoms with Crippen LogP contribution in [0.4, 0.5) is 0 Å². The van der Waals surface area contributed by atoms with Crippen LogP contribution in [0.15, 0.2) is 24.3 Å². The van der Waals surface area contributed by atoms with E-state index in [4.69, 9.17) is 4.74 Å². The monoisotopic (exact) mass is 245 g/mol. The Hall–Kier alpha value is -1.84. The van der Waals surface area contributed by atoms with Crippen molar-refractivity contribution in [3.63, 3.8) is 0 Å². The Morgan fingerprint density at radius 1 is 1.17 bits per heavy atom. The van der Waals surface area contributed by atoms with E-state index < -0.39 is 0 Å². The number of ether oxygens (including phenoxy) is 1. The van der Waals surface area contributed by atoms with Crippen LogP contribution in [0, 0.1) is 6.92 Å². The Morgan fingerprint density at radius 3 is 2.44 bits per heavy atom. The quantitative estimate of drug-likeness (QED) is 0.815. The largest absolute Gasteiger partial charge is 0.424 e. The first-order chi connectivity index (χ1) is 8.38. The second-order valence-electron chi connectivity index (χ2n) is 5.47. The van der Waals surface area contributed by atoms with Gasteiger partial charge in [-0.2, -0.15) is 0 Å². The van der Waals surface area contributed by atoms with Crippen molar-refractivity contribution in [1.29, 1.82) is 0 Å². The van der Waals surface area contributed by atoms with E-state index in [1.165, 1.54) is 5.56 Å².